The first-order chi connectivity index (χ1) is 17.1. The van der Waals surface area contributed by atoms with Gasteiger partial charge in [0.05, 0.1) is 42.5 Å². The Balaban J connectivity index is 1.70. The van der Waals surface area contributed by atoms with Gasteiger partial charge in [0.1, 0.15) is 0 Å². The van der Waals surface area contributed by atoms with E-state index in [1.807, 2.05) is 0 Å². The van der Waals surface area contributed by atoms with E-state index < -0.39 is 47.0 Å². The Morgan fingerprint density at radius 1 is 1.31 bits per heavy atom. The van der Waals surface area contributed by atoms with E-state index in [2.05, 4.69) is 20.6 Å². The number of imide groups is 2. The summed E-state index contributed by atoms with van der Waals surface area (Å²) in [7, 11) is 1.35. The summed E-state index contributed by atoms with van der Waals surface area (Å²) in [6.07, 6.45) is -0.0184. The quantitative estimate of drug-likeness (QED) is 0.351. The number of aromatic hydroxyl groups is 1. The molecule has 0 radical (unpaired) electrons. The maximum absolute atomic E-state index is 15.9. The maximum atomic E-state index is 15.9. The Hall–Kier alpha value is -4.13. The molecule has 2 fully saturated rings. The average molecular weight is 498 g/mol. The molecule has 36 heavy (non-hydrogen) atoms. The summed E-state index contributed by atoms with van der Waals surface area (Å²) in [6, 6.07) is 0.846. The molecular weight excluding hydrogens is 475 g/mol. The number of carbonyl (C=O) groups is 3. The predicted octanol–water partition coefficient (Wildman–Crippen LogP) is 0.637. The topological polar surface area (TPSA) is 167 Å². The third kappa shape index (κ3) is 3.30. The van der Waals surface area contributed by atoms with Gasteiger partial charge in [-0.3, -0.25) is 25.6 Å². The number of hydrogen-bond donors (Lipinski definition) is 4. The van der Waals surface area contributed by atoms with Crippen molar-refractivity contribution in [3.8, 4) is 11.8 Å². The molecule has 2 aromatic rings. The van der Waals surface area contributed by atoms with Gasteiger partial charge in [0, 0.05) is 24.7 Å². The van der Waals surface area contributed by atoms with Gasteiger partial charge < -0.3 is 19.5 Å². The third-order valence-corrected chi connectivity index (χ3v) is 6.84. The normalized spacial score (nSPS) is 24.5. The van der Waals surface area contributed by atoms with Gasteiger partial charge in [-0.05, 0) is 31.5 Å². The number of urea groups is 1. The number of barbiturate groups is 1. The highest BCUT2D eigenvalue weighted by Crippen LogP contribution is 2.49. The zero-order valence-corrected chi connectivity index (χ0v) is 19.6. The van der Waals surface area contributed by atoms with Crippen LogP contribution >= 0.6 is 0 Å². The summed E-state index contributed by atoms with van der Waals surface area (Å²) in [5.74, 6) is -3.42. The monoisotopic (exact) mass is 498 g/mol. The molecule has 13 heteroatoms. The molecule has 2 saturated heterocycles. The number of hydrogen-bond acceptors (Lipinski definition) is 10. The summed E-state index contributed by atoms with van der Waals surface area (Å²) in [4.78, 5) is 47.9. The van der Waals surface area contributed by atoms with Crippen LogP contribution in [-0.2, 0) is 20.7 Å². The number of methoxy groups -OCH3 is 1. The summed E-state index contributed by atoms with van der Waals surface area (Å²) in [5, 5.41) is 23.7. The lowest BCUT2D eigenvalue weighted by Crippen LogP contribution is -2.75. The van der Waals surface area contributed by atoms with Crippen molar-refractivity contribution in [1.82, 2.24) is 20.6 Å². The van der Waals surface area contributed by atoms with Crippen LogP contribution in [0.25, 0.3) is 0 Å². The fourth-order valence-corrected chi connectivity index (χ4v) is 5.46. The molecule has 3 unspecified atom stereocenters. The molecule has 4 amide bonds. The number of ether oxygens (including phenoxy) is 2. The van der Waals surface area contributed by atoms with Crippen molar-refractivity contribution < 1.29 is 33.4 Å². The number of morpholine rings is 1. The Morgan fingerprint density at radius 2 is 2.00 bits per heavy atom. The van der Waals surface area contributed by atoms with Crippen LogP contribution in [0.5, 0.6) is 11.8 Å². The highest BCUT2D eigenvalue weighted by atomic mass is 19.1. The van der Waals surface area contributed by atoms with Gasteiger partial charge in [0.15, 0.2) is 17.0 Å². The maximum Gasteiger partial charge on any atom is 0.328 e. The molecule has 12 nitrogen and oxygen atoms in total. The fraction of sp³-hybridized carbons (Fsp3) is 0.391. The summed E-state index contributed by atoms with van der Waals surface area (Å²) in [6.45, 7) is 3.55. The molecule has 3 aliphatic rings. The Bertz CT molecular complexity index is 1310. The van der Waals surface area contributed by atoms with Crippen LogP contribution in [0.4, 0.5) is 14.9 Å². The average Bonchev–Trinajstić information content (AvgIpc) is 2.83. The van der Waals surface area contributed by atoms with E-state index in [-0.39, 0.29) is 53.3 Å². The highest BCUT2D eigenvalue weighted by Gasteiger charge is 2.63. The third-order valence-electron chi connectivity index (χ3n) is 6.84. The molecule has 188 valence electrons. The first-order valence-corrected chi connectivity index (χ1v) is 11.2. The van der Waals surface area contributed by atoms with Crippen molar-refractivity contribution in [2.24, 2.45) is 5.41 Å². The summed E-state index contributed by atoms with van der Waals surface area (Å²) in [5.41, 5.74) is -2.04. The van der Waals surface area contributed by atoms with E-state index in [0.29, 0.717) is 0 Å². The van der Waals surface area contributed by atoms with E-state index in [4.69, 9.17) is 14.9 Å². The fourth-order valence-electron chi connectivity index (χ4n) is 5.46. The number of phenolic OH excluding ortho intramolecular Hbond substituents is 1. The van der Waals surface area contributed by atoms with Gasteiger partial charge in [-0.1, -0.05) is 0 Å². The van der Waals surface area contributed by atoms with E-state index >= 15 is 4.39 Å². The minimum atomic E-state index is -1.82. The number of phenols is 1. The van der Waals surface area contributed by atoms with Crippen LogP contribution in [0, 0.1) is 16.6 Å². The van der Waals surface area contributed by atoms with Gasteiger partial charge in [-0.25, -0.2) is 14.2 Å². The Morgan fingerprint density at radius 3 is 2.67 bits per heavy atom. The molecule has 1 aromatic carbocycles. The molecular formula is C23H23FN6O6. The molecule has 4 N–H and O–H groups in total. The first kappa shape index (κ1) is 23.6. The van der Waals surface area contributed by atoms with Crippen LogP contribution in [-0.4, -0.2) is 70.5 Å². The number of benzene rings is 1. The number of rotatable bonds is 3. The number of nitrogens with one attached hydrogen (secondary N) is 3. The predicted molar refractivity (Wildman–Crippen MR) is 122 cm³/mol. The zero-order chi connectivity index (χ0) is 25.9. The number of carbonyl (C=O) groups excluding carboxylic acids is 3. The first-order valence-electron chi connectivity index (χ1n) is 11.2. The molecule has 5 rings (SSSR count). The number of fused-ring (bicyclic) bond motifs is 4. The van der Waals surface area contributed by atoms with Crippen molar-refractivity contribution in [3.63, 3.8) is 0 Å². The summed E-state index contributed by atoms with van der Waals surface area (Å²) >= 11 is 0. The zero-order valence-electron chi connectivity index (χ0n) is 19.6. The largest absolute Gasteiger partial charge is 0.504 e. The lowest BCUT2D eigenvalue weighted by molar-refractivity contribution is -0.153. The van der Waals surface area contributed by atoms with Gasteiger partial charge >= 0.3 is 12.0 Å². The molecule has 0 aliphatic carbocycles. The van der Waals surface area contributed by atoms with Crippen LogP contribution < -0.4 is 20.3 Å². The minimum absolute atomic E-state index is 0.0134. The van der Waals surface area contributed by atoms with E-state index in [1.54, 1.807) is 18.7 Å². The van der Waals surface area contributed by atoms with Crippen molar-refractivity contribution in [3.05, 3.63) is 41.0 Å². The number of anilines is 1. The van der Waals surface area contributed by atoms with Crippen LogP contribution in [0.2, 0.25) is 0 Å². The van der Waals surface area contributed by atoms with Crippen molar-refractivity contribution >= 4 is 29.2 Å². The lowest BCUT2D eigenvalue weighted by atomic mass is 9.66. The number of aromatic nitrogens is 2. The molecule has 3 atom stereocenters. The van der Waals surface area contributed by atoms with Crippen LogP contribution in [0.3, 0.4) is 0 Å². The van der Waals surface area contributed by atoms with E-state index in [1.165, 1.54) is 25.4 Å². The Labute approximate surface area is 204 Å². The molecule has 1 aromatic heterocycles. The van der Waals surface area contributed by atoms with Crippen molar-refractivity contribution in [1.29, 1.82) is 5.41 Å². The second kappa shape index (κ2) is 8.22. The highest BCUT2D eigenvalue weighted by molar-refractivity contribution is 6.20. The molecule has 0 bridgehead atoms. The smallest absolute Gasteiger partial charge is 0.328 e. The molecule has 3 aliphatic heterocycles. The van der Waals surface area contributed by atoms with Crippen molar-refractivity contribution in [2.45, 2.75) is 38.5 Å². The second-order valence-electron chi connectivity index (χ2n) is 9.03. The minimum Gasteiger partial charge on any atom is -0.504 e. The lowest BCUT2D eigenvalue weighted by Gasteiger charge is -2.55. The van der Waals surface area contributed by atoms with Gasteiger partial charge in [-0.2, -0.15) is 4.98 Å². The SMILES string of the molecule is COc1nccc(C(=N)c2cc3c(c(F)c2O)N2CC(C)OC(C)C2C2(C3)C(=O)NC(=O)NC2=O)n1. The van der Waals surface area contributed by atoms with Gasteiger partial charge in [-0.15, -0.1) is 0 Å². The van der Waals surface area contributed by atoms with Crippen LogP contribution in [0.15, 0.2) is 18.3 Å². The Kier molecular flexibility index (Phi) is 5.39. The van der Waals surface area contributed by atoms with E-state index in [9.17, 15) is 19.5 Å². The number of halogens is 1. The second-order valence-corrected chi connectivity index (χ2v) is 9.03. The summed E-state index contributed by atoms with van der Waals surface area (Å²) < 4.78 is 26.7. The van der Waals surface area contributed by atoms with Gasteiger partial charge in [0.2, 0.25) is 11.8 Å². The van der Waals surface area contributed by atoms with Gasteiger partial charge in [0.25, 0.3) is 0 Å². The molecule has 4 heterocycles. The van der Waals surface area contributed by atoms with Crippen molar-refractivity contribution in [2.75, 3.05) is 18.6 Å². The number of amides is 4. The van der Waals surface area contributed by atoms with E-state index in [0.717, 1.165) is 0 Å². The molecule has 0 saturated carbocycles. The van der Waals surface area contributed by atoms with Crippen LogP contribution in [0.1, 0.15) is 30.7 Å². The standard InChI is InChI=1S/C23H23FN6O6/c1-9-8-30-16-11(7-23(18(30)10(2)36-9)19(32)28-21(34)29-20(23)33)6-12(17(31)14(16)24)15(25)13-4-5-26-22(27-13)35-3/h4-6,9-10,18,25,31H,7-8H2,1-3H3,(H2,28,29,32,33,34). The number of nitrogens with zero attached hydrogens (tertiary/aromatic N) is 3. The molecule has 1 spiro atoms.